The fourth-order valence-electron chi connectivity index (χ4n) is 2.58. The van der Waals surface area contributed by atoms with Crippen LogP contribution in [0.5, 0.6) is 0 Å². The SMILES string of the molecule is COC(=O)[C@H](CCS(=O)(=O)c1ccccc1)NC(=O)CNC(=O)OCc1ccccc1. The van der Waals surface area contributed by atoms with E-state index >= 15 is 0 Å². The zero-order valence-corrected chi connectivity index (χ0v) is 17.8. The zero-order valence-electron chi connectivity index (χ0n) is 16.9. The van der Waals surface area contributed by atoms with Crippen LogP contribution >= 0.6 is 0 Å². The van der Waals surface area contributed by atoms with Crippen LogP contribution < -0.4 is 10.6 Å². The molecule has 31 heavy (non-hydrogen) atoms. The molecule has 2 N–H and O–H groups in total. The van der Waals surface area contributed by atoms with E-state index in [1.807, 2.05) is 6.07 Å². The van der Waals surface area contributed by atoms with Crippen molar-refractivity contribution in [2.75, 3.05) is 19.4 Å². The molecule has 166 valence electrons. The van der Waals surface area contributed by atoms with Crippen LogP contribution in [-0.2, 0) is 35.5 Å². The molecule has 2 rings (SSSR count). The first kappa shape index (κ1) is 23.9. The molecule has 9 nitrogen and oxygen atoms in total. The Labute approximate surface area is 180 Å². The van der Waals surface area contributed by atoms with Crippen molar-refractivity contribution in [3.8, 4) is 0 Å². The number of benzene rings is 2. The fraction of sp³-hybridized carbons (Fsp3) is 0.286. The summed E-state index contributed by atoms with van der Waals surface area (Å²) in [5.74, 6) is -1.85. The van der Waals surface area contributed by atoms with E-state index in [0.717, 1.165) is 12.7 Å². The van der Waals surface area contributed by atoms with Gasteiger partial charge in [-0.2, -0.15) is 0 Å². The summed E-state index contributed by atoms with van der Waals surface area (Å²) in [7, 11) is -2.51. The molecule has 2 aromatic rings. The molecule has 0 spiro atoms. The van der Waals surface area contributed by atoms with Crippen LogP contribution in [0.4, 0.5) is 4.79 Å². The predicted octanol–water partition coefficient (Wildman–Crippen LogP) is 1.43. The van der Waals surface area contributed by atoms with Crippen LogP contribution in [0.1, 0.15) is 12.0 Å². The van der Waals surface area contributed by atoms with Crippen molar-refractivity contribution >= 4 is 27.8 Å². The summed E-state index contributed by atoms with van der Waals surface area (Å²) in [6, 6.07) is 15.6. The van der Waals surface area contributed by atoms with Gasteiger partial charge in [0.05, 0.1) is 17.8 Å². The number of amides is 2. The van der Waals surface area contributed by atoms with Crippen LogP contribution in [-0.4, -0.2) is 51.8 Å². The molecule has 0 bridgehead atoms. The lowest BCUT2D eigenvalue weighted by atomic mass is 10.2. The number of hydrogen-bond donors (Lipinski definition) is 2. The third kappa shape index (κ3) is 8.09. The molecule has 2 amide bonds. The van der Waals surface area contributed by atoms with Crippen molar-refractivity contribution < 1.29 is 32.3 Å². The van der Waals surface area contributed by atoms with Gasteiger partial charge >= 0.3 is 12.1 Å². The lowest BCUT2D eigenvalue weighted by Crippen LogP contribution is -2.46. The molecule has 0 heterocycles. The van der Waals surface area contributed by atoms with Gasteiger partial charge in [0, 0.05) is 0 Å². The van der Waals surface area contributed by atoms with Gasteiger partial charge in [0.2, 0.25) is 5.91 Å². The highest BCUT2D eigenvalue weighted by Gasteiger charge is 2.25. The molecule has 0 aliphatic rings. The highest BCUT2D eigenvalue weighted by atomic mass is 32.2. The Kier molecular flexibility index (Phi) is 9.01. The fourth-order valence-corrected chi connectivity index (χ4v) is 3.94. The van der Waals surface area contributed by atoms with Crippen LogP contribution in [0.3, 0.4) is 0 Å². The van der Waals surface area contributed by atoms with Crippen molar-refractivity contribution in [2.24, 2.45) is 0 Å². The number of nitrogens with one attached hydrogen (secondary N) is 2. The minimum Gasteiger partial charge on any atom is -0.467 e. The maximum Gasteiger partial charge on any atom is 0.407 e. The molecule has 0 saturated carbocycles. The topological polar surface area (TPSA) is 128 Å². The van der Waals surface area contributed by atoms with Crippen molar-refractivity contribution in [1.29, 1.82) is 0 Å². The number of hydrogen-bond acceptors (Lipinski definition) is 7. The quantitative estimate of drug-likeness (QED) is 0.526. The summed E-state index contributed by atoms with van der Waals surface area (Å²) in [6.07, 6.45) is -0.992. The number of methoxy groups -OCH3 is 1. The lowest BCUT2D eigenvalue weighted by molar-refractivity contribution is -0.145. The molecule has 0 radical (unpaired) electrons. The Balaban J connectivity index is 1.83. The van der Waals surface area contributed by atoms with Gasteiger partial charge in [-0.25, -0.2) is 18.0 Å². The second-order valence-corrected chi connectivity index (χ2v) is 8.59. The summed E-state index contributed by atoms with van der Waals surface area (Å²) in [5, 5.41) is 4.64. The molecule has 0 aliphatic heterocycles. The van der Waals surface area contributed by atoms with E-state index in [4.69, 9.17) is 4.74 Å². The maximum absolute atomic E-state index is 12.4. The summed E-state index contributed by atoms with van der Waals surface area (Å²) in [5.41, 5.74) is 0.785. The molecule has 0 fully saturated rings. The molecule has 1 atom stereocenters. The first-order valence-corrected chi connectivity index (χ1v) is 11.1. The van der Waals surface area contributed by atoms with Gasteiger partial charge in [-0.1, -0.05) is 48.5 Å². The number of ether oxygens (including phenoxy) is 2. The molecule has 10 heteroatoms. The molecule has 2 aromatic carbocycles. The first-order chi connectivity index (χ1) is 14.8. The van der Waals surface area contributed by atoms with E-state index < -0.39 is 40.4 Å². The smallest absolute Gasteiger partial charge is 0.407 e. The van der Waals surface area contributed by atoms with Gasteiger partial charge in [0.1, 0.15) is 19.2 Å². The number of rotatable bonds is 10. The number of sulfone groups is 1. The Bertz CT molecular complexity index is 979. The first-order valence-electron chi connectivity index (χ1n) is 9.41. The Morgan fingerprint density at radius 2 is 1.58 bits per heavy atom. The van der Waals surface area contributed by atoms with E-state index in [1.165, 1.54) is 12.1 Å². The highest BCUT2D eigenvalue weighted by molar-refractivity contribution is 7.91. The van der Waals surface area contributed by atoms with Crippen molar-refractivity contribution in [1.82, 2.24) is 10.6 Å². The second kappa shape index (κ2) is 11.7. The highest BCUT2D eigenvalue weighted by Crippen LogP contribution is 2.12. The van der Waals surface area contributed by atoms with E-state index in [1.54, 1.807) is 42.5 Å². The van der Waals surface area contributed by atoms with Crippen molar-refractivity contribution in [2.45, 2.75) is 24.0 Å². The number of alkyl carbamates (subject to hydrolysis) is 1. The third-order valence-corrected chi connectivity index (χ3v) is 5.97. The Morgan fingerprint density at radius 3 is 2.19 bits per heavy atom. The number of carbonyl (C=O) groups is 3. The largest absolute Gasteiger partial charge is 0.467 e. The van der Waals surface area contributed by atoms with Crippen molar-refractivity contribution in [3.05, 3.63) is 66.2 Å². The second-order valence-electron chi connectivity index (χ2n) is 6.48. The summed E-state index contributed by atoms with van der Waals surface area (Å²) in [6.45, 7) is -0.414. The number of carbonyl (C=O) groups excluding carboxylic acids is 3. The Morgan fingerprint density at radius 1 is 0.968 bits per heavy atom. The molecule has 0 aromatic heterocycles. The standard InChI is InChI=1S/C21H24N2O7S/c1-29-20(25)18(12-13-31(27,28)17-10-6-3-7-11-17)23-19(24)14-22-21(26)30-15-16-8-4-2-5-9-16/h2-11,18H,12-15H2,1H3,(H,22,26)(H,23,24)/t18-/m0/s1. The normalized spacial score (nSPS) is 11.8. The lowest BCUT2D eigenvalue weighted by Gasteiger charge is -2.17. The van der Waals surface area contributed by atoms with Gasteiger partial charge in [-0.15, -0.1) is 0 Å². The average Bonchev–Trinajstić information content (AvgIpc) is 2.79. The van der Waals surface area contributed by atoms with Gasteiger partial charge in [-0.05, 0) is 24.1 Å². The summed E-state index contributed by atoms with van der Waals surface area (Å²) < 4.78 is 34.4. The van der Waals surface area contributed by atoms with E-state index in [9.17, 15) is 22.8 Å². The minimum absolute atomic E-state index is 0.0381. The van der Waals surface area contributed by atoms with Crippen LogP contribution in [0.15, 0.2) is 65.6 Å². The van der Waals surface area contributed by atoms with Crippen LogP contribution in [0.2, 0.25) is 0 Å². The van der Waals surface area contributed by atoms with Gasteiger partial charge in [0.25, 0.3) is 0 Å². The van der Waals surface area contributed by atoms with Gasteiger partial charge < -0.3 is 20.1 Å². The van der Waals surface area contributed by atoms with Gasteiger partial charge in [-0.3, -0.25) is 4.79 Å². The van der Waals surface area contributed by atoms with E-state index in [2.05, 4.69) is 15.4 Å². The van der Waals surface area contributed by atoms with Crippen molar-refractivity contribution in [3.63, 3.8) is 0 Å². The Hall–Kier alpha value is -3.40. The molecular weight excluding hydrogens is 424 g/mol. The maximum atomic E-state index is 12.4. The molecule has 0 aliphatic carbocycles. The summed E-state index contributed by atoms with van der Waals surface area (Å²) >= 11 is 0. The molecule has 0 unspecified atom stereocenters. The van der Waals surface area contributed by atoms with Gasteiger partial charge in [0.15, 0.2) is 9.84 Å². The molecule has 0 saturated heterocycles. The minimum atomic E-state index is -3.64. The third-order valence-electron chi connectivity index (χ3n) is 4.20. The summed E-state index contributed by atoms with van der Waals surface area (Å²) in [4.78, 5) is 35.9. The van der Waals surface area contributed by atoms with Crippen LogP contribution in [0, 0.1) is 0 Å². The number of esters is 1. The van der Waals surface area contributed by atoms with Crippen LogP contribution in [0.25, 0.3) is 0 Å². The zero-order chi connectivity index (χ0) is 22.7. The van der Waals surface area contributed by atoms with E-state index in [-0.39, 0.29) is 23.7 Å². The average molecular weight is 448 g/mol. The van der Waals surface area contributed by atoms with E-state index in [0.29, 0.717) is 0 Å². The monoisotopic (exact) mass is 448 g/mol. The predicted molar refractivity (Wildman–Crippen MR) is 112 cm³/mol. The molecular formula is C21H24N2O7S.